The molecule has 0 unspecified atom stereocenters. The molecule has 0 radical (unpaired) electrons. The minimum absolute atomic E-state index is 0.821. The van der Waals surface area contributed by atoms with Crippen molar-refractivity contribution in [3.8, 4) is 5.75 Å². The van der Waals surface area contributed by atoms with Gasteiger partial charge in [0.25, 0.3) is 0 Å². The lowest BCUT2D eigenvalue weighted by atomic mass is 10.3. The Hall–Kier alpha value is -1.75. The minimum atomic E-state index is 0.821. The van der Waals surface area contributed by atoms with Gasteiger partial charge in [-0.1, -0.05) is 37.7 Å². The average Bonchev–Trinajstić information content (AvgIpc) is 2.53. The fourth-order valence-corrected chi connectivity index (χ4v) is 2.79. The number of anilines is 1. The molecule has 4 nitrogen and oxygen atoms in total. The number of nitrogens with zero attached hydrogens (tertiary/aromatic N) is 2. The molecular weight excluding hydrogens is 282 g/mol. The van der Waals surface area contributed by atoms with Crippen LogP contribution in [0.5, 0.6) is 5.75 Å². The van der Waals surface area contributed by atoms with E-state index in [9.17, 15) is 0 Å². The molecule has 112 valence electrons. The van der Waals surface area contributed by atoms with Crippen LogP contribution in [0, 0.1) is 0 Å². The Morgan fingerprint density at radius 3 is 2.71 bits per heavy atom. The molecule has 0 aliphatic rings. The van der Waals surface area contributed by atoms with Gasteiger partial charge in [0.2, 0.25) is 0 Å². The first-order valence-electron chi connectivity index (χ1n) is 7.19. The van der Waals surface area contributed by atoms with E-state index in [0.29, 0.717) is 0 Å². The molecule has 0 bridgehead atoms. The fourth-order valence-electron chi connectivity index (χ4n) is 1.84. The SMILES string of the molecule is CCCNc1cc(Sc2ccccc2OC)nc(CC)n1. The maximum Gasteiger partial charge on any atom is 0.132 e. The summed E-state index contributed by atoms with van der Waals surface area (Å²) in [5, 5.41) is 4.26. The van der Waals surface area contributed by atoms with Crippen molar-refractivity contribution in [1.82, 2.24) is 9.97 Å². The van der Waals surface area contributed by atoms with Crippen LogP contribution in [0.2, 0.25) is 0 Å². The number of hydrogen-bond acceptors (Lipinski definition) is 5. The van der Waals surface area contributed by atoms with E-state index in [1.807, 2.05) is 30.3 Å². The lowest BCUT2D eigenvalue weighted by Crippen LogP contribution is -2.05. The van der Waals surface area contributed by atoms with Crippen LogP contribution in [0.15, 0.2) is 40.3 Å². The first kappa shape index (κ1) is 15.6. The van der Waals surface area contributed by atoms with Crippen molar-refractivity contribution in [2.45, 2.75) is 36.6 Å². The zero-order chi connectivity index (χ0) is 15.1. The van der Waals surface area contributed by atoms with Gasteiger partial charge in [0.05, 0.1) is 12.0 Å². The molecule has 5 heteroatoms. The fraction of sp³-hybridized carbons (Fsp3) is 0.375. The highest BCUT2D eigenvalue weighted by Crippen LogP contribution is 2.34. The van der Waals surface area contributed by atoms with Crippen LogP contribution in [0.4, 0.5) is 5.82 Å². The van der Waals surface area contributed by atoms with Gasteiger partial charge in [-0.05, 0) is 18.6 Å². The van der Waals surface area contributed by atoms with Gasteiger partial charge in [0, 0.05) is 19.0 Å². The van der Waals surface area contributed by atoms with Crippen LogP contribution in [-0.4, -0.2) is 23.6 Å². The summed E-state index contributed by atoms with van der Waals surface area (Å²) in [5.41, 5.74) is 0. The van der Waals surface area contributed by atoms with Crippen molar-refractivity contribution < 1.29 is 4.74 Å². The van der Waals surface area contributed by atoms with Gasteiger partial charge in [-0.15, -0.1) is 0 Å². The van der Waals surface area contributed by atoms with Gasteiger partial charge >= 0.3 is 0 Å². The Bertz CT molecular complexity index is 589. The molecule has 21 heavy (non-hydrogen) atoms. The monoisotopic (exact) mass is 303 g/mol. The summed E-state index contributed by atoms with van der Waals surface area (Å²) in [7, 11) is 1.69. The standard InChI is InChI=1S/C16H21N3OS/c1-4-10-17-15-11-16(19-14(5-2)18-15)21-13-9-7-6-8-12(13)20-3/h6-9,11H,4-5,10H2,1-3H3,(H,17,18,19). The highest BCUT2D eigenvalue weighted by Gasteiger charge is 2.08. The molecule has 1 aromatic carbocycles. The van der Waals surface area contributed by atoms with Gasteiger partial charge in [-0.3, -0.25) is 0 Å². The van der Waals surface area contributed by atoms with E-state index >= 15 is 0 Å². The van der Waals surface area contributed by atoms with Crippen LogP contribution in [-0.2, 0) is 6.42 Å². The lowest BCUT2D eigenvalue weighted by molar-refractivity contribution is 0.405. The van der Waals surface area contributed by atoms with Crippen LogP contribution in [0.3, 0.4) is 0 Å². The summed E-state index contributed by atoms with van der Waals surface area (Å²) < 4.78 is 5.39. The number of hydrogen-bond donors (Lipinski definition) is 1. The number of methoxy groups -OCH3 is 1. The van der Waals surface area contributed by atoms with Crippen LogP contribution in [0.1, 0.15) is 26.1 Å². The van der Waals surface area contributed by atoms with E-state index < -0.39 is 0 Å². The van der Waals surface area contributed by atoms with Crippen molar-refractivity contribution in [1.29, 1.82) is 0 Å². The number of para-hydroxylation sites is 1. The number of ether oxygens (including phenoxy) is 1. The normalized spacial score (nSPS) is 10.4. The quantitative estimate of drug-likeness (QED) is 0.783. The van der Waals surface area contributed by atoms with E-state index in [1.165, 1.54) is 0 Å². The predicted octanol–water partition coefficient (Wildman–Crippen LogP) is 4.02. The maximum absolute atomic E-state index is 5.39. The van der Waals surface area contributed by atoms with Gasteiger partial charge in [0.1, 0.15) is 22.4 Å². The maximum atomic E-state index is 5.39. The van der Waals surface area contributed by atoms with Gasteiger partial charge < -0.3 is 10.1 Å². The molecule has 0 saturated heterocycles. The van der Waals surface area contributed by atoms with Crippen molar-refractivity contribution in [2.75, 3.05) is 19.0 Å². The van der Waals surface area contributed by atoms with E-state index in [0.717, 1.165) is 46.7 Å². The summed E-state index contributed by atoms with van der Waals surface area (Å²) in [6.07, 6.45) is 1.89. The molecule has 0 aliphatic carbocycles. The largest absolute Gasteiger partial charge is 0.496 e. The molecule has 0 fully saturated rings. The van der Waals surface area contributed by atoms with Crippen molar-refractivity contribution in [3.05, 3.63) is 36.2 Å². The zero-order valence-corrected chi connectivity index (χ0v) is 13.5. The summed E-state index contributed by atoms with van der Waals surface area (Å²) >= 11 is 1.60. The molecule has 0 amide bonds. The molecule has 1 N–H and O–H groups in total. The topological polar surface area (TPSA) is 47.0 Å². The Morgan fingerprint density at radius 1 is 1.19 bits per heavy atom. The van der Waals surface area contributed by atoms with Crippen LogP contribution in [0.25, 0.3) is 0 Å². The third-order valence-corrected chi connectivity index (χ3v) is 3.88. The Morgan fingerprint density at radius 2 is 2.00 bits per heavy atom. The predicted molar refractivity (Wildman–Crippen MR) is 87.3 cm³/mol. The second-order valence-corrected chi connectivity index (χ2v) is 5.60. The molecule has 1 aromatic heterocycles. The first-order chi connectivity index (χ1) is 10.3. The molecule has 2 rings (SSSR count). The summed E-state index contributed by atoms with van der Waals surface area (Å²) in [6.45, 7) is 5.12. The van der Waals surface area contributed by atoms with Crippen molar-refractivity contribution in [2.24, 2.45) is 0 Å². The molecule has 0 aliphatic heterocycles. The Balaban J connectivity index is 2.25. The Kier molecular flexibility index (Phi) is 5.87. The van der Waals surface area contributed by atoms with Gasteiger partial charge in [0.15, 0.2) is 0 Å². The number of nitrogens with one attached hydrogen (secondary N) is 1. The number of aryl methyl sites for hydroxylation is 1. The molecular formula is C16H21N3OS. The highest BCUT2D eigenvalue weighted by atomic mass is 32.2. The molecule has 0 saturated carbocycles. The van der Waals surface area contributed by atoms with E-state index in [2.05, 4.69) is 29.1 Å². The van der Waals surface area contributed by atoms with E-state index in [4.69, 9.17) is 4.74 Å². The molecule has 0 atom stereocenters. The molecule has 0 spiro atoms. The average molecular weight is 303 g/mol. The molecule has 2 aromatic rings. The van der Waals surface area contributed by atoms with Crippen LogP contribution >= 0.6 is 11.8 Å². The number of aromatic nitrogens is 2. The first-order valence-corrected chi connectivity index (χ1v) is 8.01. The number of benzene rings is 1. The van der Waals surface area contributed by atoms with Gasteiger partial charge in [-0.2, -0.15) is 0 Å². The Labute approximate surface area is 130 Å². The second kappa shape index (κ2) is 7.88. The smallest absolute Gasteiger partial charge is 0.132 e. The molecule has 1 heterocycles. The number of rotatable bonds is 7. The van der Waals surface area contributed by atoms with Crippen molar-refractivity contribution in [3.63, 3.8) is 0 Å². The minimum Gasteiger partial charge on any atom is -0.496 e. The summed E-state index contributed by atoms with van der Waals surface area (Å²) in [5.74, 6) is 2.61. The third kappa shape index (κ3) is 4.36. The third-order valence-electron chi connectivity index (χ3n) is 2.90. The van der Waals surface area contributed by atoms with Gasteiger partial charge in [-0.25, -0.2) is 9.97 Å². The van der Waals surface area contributed by atoms with E-state index in [-0.39, 0.29) is 0 Å². The zero-order valence-electron chi connectivity index (χ0n) is 12.7. The summed E-state index contributed by atoms with van der Waals surface area (Å²) in [6, 6.07) is 9.96. The van der Waals surface area contributed by atoms with Crippen LogP contribution < -0.4 is 10.1 Å². The highest BCUT2D eigenvalue weighted by molar-refractivity contribution is 7.99. The van der Waals surface area contributed by atoms with E-state index in [1.54, 1.807) is 18.9 Å². The summed E-state index contributed by atoms with van der Waals surface area (Å²) in [4.78, 5) is 10.2. The second-order valence-electron chi connectivity index (χ2n) is 4.54. The van der Waals surface area contributed by atoms with Crippen molar-refractivity contribution >= 4 is 17.6 Å². The lowest BCUT2D eigenvalue weighted by Gasteiger charge is -2.10.